The molecule has 0 amide bonds. The first-order valence-corrected chi connectivity index (χ1v) is 16.1. The summed E-state index contributed by atoms with van der Waals surface area (Å²) in [5.41, 5.74) is 1.25. The van der Waals surface area contributed by atoms with Crippen LogP contribution in [0.25, 0.3) is 22.3 Å². The van der Waals surface area contributed by atoms with Gasteiger partial charge >= 0.3 is 5.97 Å². The van der Waals surface area contributed by atoms with Crippen molar-refractivity contribution in [2.24, 2.45) is 0 Å². The van der Waals surface area contributed by atoms with Gasteiger partial charge in [-0.1, -0.05) is 63.5 Å². The van der Waals surface area contributed by atoms with E-state index in [1.165, 1.54) is 88.7 Å². The first kappa shape index (κ1) is 28.8. The van der Waals surface area contributed by atoms with Crippen LogP contribution >= 0.6 is 0 Å². The maximum absolute atomic E-state index is 14.3. The lowest BCUT2D eigenvalue weighted by Crippen LogP contribution is -2.57. The van der Waals surface area contributed by atoms with Crippen LogP contribution in [-0.4, -0.2) is 50.2 Å². The van der Waals surface area contributed by atoms with E-state index >= 15 is 0 Å². The summed E-state index contributed by atoms with van der Waals surface area (Å²) in [6.45, 7) is -0.214. The van der Waals surface area contributed by atoms with Crippen LogP contribution in [0.3, 0.4) is 0 Å². The highest BCUT2D eigenvalue weighted by Gasteiger charge is 2.42. The summed E-state index contributed by atoms with van der Waals surface area (Å²) in [6.07, 6.45) is 19.1. The monoisotopic (exact) mass is 572 g/mol. The molecule has 2 bridgehead atoms. The van der Waals surface area contributed by atoms with E-state index in [-0.39, 0.29) is 29.4 Å². The van der Waals surface area contributed by atoms with Gasteiger partial charge in [-0.05, 0) is 62.8 Å². The normalized spacial score (nSPS) is 24.4. The Bertz CT molecular complexity index is 1500. The minimum atomic E-state index is -0.521. The standard InChI is InChI=1S/C34H44N4O4/c1-42-31(39)23-36-20-12-17-28(33(36)40)32-34(41)38(30-19-10-9-18-29(30)35-32)27-21-25-15-11-16-26(22-27)37(25)24-13-7-5-3-2-4-6-8-14-24/h9-10,12,17-20,24-27H,2-8,11,13-16,21-23H2,1H3. The van der Waals surface area contributed by atoms with Gasteiger partial charge in [0, 0.05) is 30.4 Å². The van der Waals surface area contributed by atoms with E-state index in [1.807, 2.05) is 28.8 Å². The third-order valence-electron chi connectivity index (χ3n) is 9.97. The Hall–Kier alpha value is -3.26. The lowest BCUT2D eigenvalue weighted by molar-refractivity contribution is -0.141. The Morgan fingerprint density at radius 3 is 2.12 bits per heavy atom. The molecule has 4 heterocycles. The first-order valence-electron chi connectivity index (χ1n) is 16.1. The van der Waals surface area contributed by atoms with Gasteiger partial charge in [-0.15, -0.1) is 0 Å². The quantitative estimate of drug-likeness (QED) is 0.357. The topological polar surface area (TPSA) is 86.4 Å². The zero-order chi connectivity index (χ0) is 29.1. The van der Waals surface area contributed by atoms with Gasteiger partial charge in [0.2, 0.25) is 0 Å². The van der Waals surface area contributed by atoms with Crippen LogP contribution in [0.15, 0.2) is 52.2 Å². The Labute approximate surface area is 247 Å². The first-order chi connectivity index (χ1) is 20.5. The van der Waals surface area contributed by atoms with Gasteiger partial charge in [0.1, 0.15) is 12.2 Å². The number of nitrogens with zero attached hydrogens (tertiary/aromatic N) is 4. The van der Waals surface area contributed by atoms with Crippen LogP contribution in [-0.2, 0) is 16.1 Å². The fraction of sp³-hybridized carbons (Fsp3) is 0.588. The van der Waals surface area contributed by atoms with E-state index in [9.17, 15) is 14.4 Å². The van der Waals surface area contributed by atoms with Crippen molar-refractivity contribution in [1.29, 1.82) is 0 Å². The number of carbonyl (C=O) groups excluding carboxylic acids is 1. The molecule has 8 nitrogen and oxygen atoms in total. The van der Waals surface area contributed by atoms with Gasteiger partial charge in [0.05, 0.1) is 23.7 Å². The third-order valence-corrected chi connectivity index (χ3v) is 9.97. The molecule has 0 N–H and O–H groups in total. The number of carbonyl (C=O) groups is 1. The highest BCUT2D eigenvalue weighted by Crippen LogP contribution is 2.42. The van der Waals surface area contributed by atoms with Gasteiger partial charge in [-0.2, -0.15) is 0 Å². The van der Waals surface area contributed by atoms with Crippen LogP contribution in [0.1, 0.15) is 95.9 Å². The Kier molecular flexibility index (Phi) is 8.89. The predicted molar refractivity (Wildman–Crippen MR) is 165 cm³/mol. The minimum absolute atomic E-state index is 0.0521. The molecule has 42 heavy (non-hydrogen) atoms. The molecule has 3 aliphatic rings. The van der Waals surface area contributed by atoms with E-state index in [0.717, 1.165) is 18.4 Å². The third kappa shape index (κ3) is 5.83. The fourth-order valence-electron chi connectivity index (χ4n) is 8.02. The number of ether oxygens (including phenoxy) is 1. The van der Waals surface area contributed by atoms with Crippen molar-refractivity contribution in [2.45, 2.75) is 121 Å². The molecular formula is C34H44N4O4. The number of aromatic nitrogens is 3. The molecule has 2 saturated heterocycles. The number of hydrogen-bond acceptors (Lipinski definition) is 6. The van der Waals surface area contributed by atoms with Gasteiger partial charge < -0.3 is 13.9 Å². The molecule has 224 valence electrons. The number of para-hydroxylation sites is 2. The molecule has 2 atom stereocenters. The molecule has 2 aromatic heterocycles. The van der Waals surface area contributed by atoms with Crippen LogP contribution in [0.4, 0.5) is 0 Å². The smallest absolute Gasteiger partial charge is 0.325 e. The summed E-state index contributed by atoms with van der Waals surface area (Å²) in [4.78, 5) is 47.3. The average Bonchev–Trinajstić information content (AvgIpc) is 3.00. The molecule has 0 radical (unpaired) electrons. The lowest BCUT2D eigenvalue weighted by atomic mass is 9.79. The Morgan fingerprint density at radius 1 is 0.786 bits per heavy atom. The van der Waals surface area contributed by atoms with Crippen molar-refractivity contribution in [3.63, 3.8) is 0 Å². The molecule has 3 fully saturated rings. The van der Waals surface area contributed by atoms with Crippen molar-refractivity contribution in [3.8, 4) is 11.3 Å². The van der Waals surface area contributed by atoms with Gasteiger partial charge in [0.15, 0.2) is 0 Å². The van der Waals surface area contributed by atoms with E-state index in [2.05, 4.69) is 4.90 Å². The zero-order valence-electron chi connectivity index (χ0n) is 24.9. The van der Waals surface area contributed by atoms with Crippen molar-refractivity contribution < 1.29 is 9.53 Å². The summed E-state index contributed by atoms with van der Waals surface area (Å²) in [6, 6.07) is 12.8. The lowest BCUT2D eigenvalue weighted by Gasteiger charge is -2.53. The summed E-state index contributed by atoms with van der Waals surface area (Å²) < 4.78 is 7.99. The van der Waals surface area contributed by atoms with Crippen molar-refractivity contribution in [3.05, 3.63) is 63.3 Å². The number of methoxy groups -OCH3 is 1. The van der Waals surface area contributed by atoms with Crippen molar-refractivity contribution >= 4 is 17.0 Å². The van der Waals surface area contributed by atoms with Crippen LogP contribution < -0.4 is 11.1 Å². The second kappa shape index (κ2) is 12.9. The second-order valence-electron chi connectivity index (χ2n) is 12.6. The SMILES string of the molecule is COC(=O)Cn1cccc(-c2nc3ccccc3n(C3CC4CCCC(C3)N4C3CCCCCCCCC3)c2=O)c1=O. The molecular weight excluding hydrogens is 528 g/mol. The number of pyridine rings is 1. The molecule has 1 aromatic carbocycles. The molecule has 0 spiro atoms. The van der Waals surface area contributed by atoms with E-state index in [4.69, 9.17) is 9.72 Å². The Morgan fingerprint density at radius 2 is 1.43 bits per heavy atom. The predicted octanol–water partition coefficient (Wildman–Crippen LogP) is 5.85. The summed E-state index contributed by atoms with van der Waals surface area (Å²) in [5, 5.41) is 0. The number of fused-ring (bicyclic) bond motifs is 3. The van der Waals surface area contributed by atoms with Crippen LogP contribution in [0, 0.1) is 0 Å². The molecule has 3 aromatic rings. The van der Waals surface area contributed by atoms with Crippen molar-refractivity contribution in [2.75, 3.05) is 7.11 Å². The maximum atomic E-state index is 14.3. The minimum Gasteiger partial charge on any atom is -0.468 e. The zero-order valence-corrected chi connectivity index (χ0v) is 24.9. The number of esters is 1. The fourth-order valence-corrected chi connectivity index (χ4v) is 8.02. The molecule has 1 aliphatic carbocycles. The number of hydrogen-bond donors (Lipinski definition) is 0. The highest BCUT2D eigenvalue weighted by atomic mass is 16.5. The summed E-state index contributed by atoms with van der Waals surface area (Å²) >= 11 is 0. The van der Waals surface area contributed by atoms with E-state index in [1.54, 1.807) is 18.3 Å². The number of piperidine rings is 2. The van der Waals surface area contributed by atoms with Gasteiger partial charge in [-0.3, -0.25) is 19.3 Å². The molecule has 2 unspecified atom stereocenters. The second-order valence-corrected chi connectivity index (χ2v) is 12.6. The van der Waals surface area contributed by atoms with Crippen LogP contribution in [0.2, 0.25) is 0 Å². The molecule has 8 heteroatoms. The van der Waals surface area contributed by atoms with Crippen molar-refractivity contribution in [1.82, 2.24) is 19.0 Å². The molecule has 6 rings (SSSR count). The summed E-state index contributed by atoms with van der Waals surface area (Å²) in [5.74, 6) is -0.521. The Balaban J connectivity index is 1.36. The average molecular weight is 573 g/mol. The highest BCUT2D eigenvalue weighted by molar-refractivity contribution is 5.78. The summed E-state index contributed by atoms with van der Waals surface area (Å²) in [7, 11) is 1.29. The molecule has 1 saturated carbocycles. The van der Waals surface area contributed by atoms with Crippen LogP contribution in [0.5, 0.6) is 0 Å². The number of rotatable bonds is 5. The van der Waals surface area contributed by atoms with Gasteiger partial charge in [0.25, 0.3) is 11.1 Å². The van der Waals surface area contributed by atoms with E-state index < -0.39 is 11.5 Å². The maximum Gasteiger partial charge on any atom is 0.325 e. The van der Waals surface area contributed by atoms with Gasteiger partial charge in [-0.25, -0.2) is 4.98 Å². The largest absolute Gasteiger partial charge is 0.468 e. The molecule has 2 aliphatic heterocycles. The number of benzene rings is 1. The van der Waals surface area contributed by atoms with E-state index in [0.29, 0.717) is 23.6 Å².